The van der Waals surface area contributed by atoms with Crippen molar-refractivity contribution in [3.8, 4) is 0 Å². The molecule has 0 aliphatic carbocycles. The molecule has 0 saturated heterocycles. The van der Waals surface area contributed by atoms with E-state index in [4.69, 9.17) is 9.84 Å². The standard InChI is InChI=1S/C21H23N3O6/c1-14-6-7-15-4-2-3-5-19(15)23(14)20(26)13-30-21(27)17-12-16(24(28)29)8-9-18(17)22-10-11-25/h2-5,8-9,12,14,22,25H,6-7,10-11,13H2,1H3. The highest BCUT2D eigenvalue weighted by Crippen LogP contribution is 2.30. The monoisotopic (exact) mass is 413 g/mol. The molecule has 9 nitrogen and oxygen atoms in total. The quantitative estimate of drug-likeness (QED) is 0.406. The maximum absolute atomic E-state index is 12.8. The van der Waals surface area contributed by atoms with Crippen molar-refractivity contribution in [1.29, 1.82) is 0 Å². The molecule has 1 aliphatic rings. The minimum absolute atomic E-state index is 0.0364. The first kappa shape index (κ1) is 21.3. The van der Waals surface area contributed by atoms with Gasteiger partial charge >= 0.3 is 5.97 Å². The molecular weight excluding hydrogens is 390 g/mol. The highest BCUT2D eigenvalue weighted by atomic mass is 16.6. The first-order valence-corrected chi connectivity index (χ1v) is 9.62. The summed E-state index contributed by atoms with van der Waals surface area (Å²) in [5.41, 5.74) is 1.80. The Kier molecular flexibility index (Phi) is 6.63. The number of nitrogens with one attached hydrogen (secondary N) is 1. The Balaban J connectivity index is 1.76. The number of ether oxygens (including phenoxy) is 1. The number of nitro benzene ring substituents is 1. The van der Waals surface area contributed by atoms with E-state index in [0.29, 0.717) is 0 Å². The summed E-state index contributed by atoms with van der Waals surface area (Å²) in [6, 6.07) is 11.3. The molecule has 0 aromatic heterocycles. The molecule has 9 heteroatoms. The molecule has 2 aromatic carbocycles. The minimum atomic E-state index is -0.856. The van der Waals surface area contributed by atoms with Crippen molar-refractivity contribution >= 4 is 28.9 Å². The molecule has 1 atom stereocenters. The van der Waals surface area contributed by atoms with Gasteiger partial charge in [-0.15, -0.1) is 0 Å². The number of rotatable bonds is 7. The lowest BCUT2D eigenvalue weighted by Crippen LogP contribution is -2.44. The van der Waals surface area contributed by atoms with Crippen molar-refractivity contribution in [2.45, 2.75) is 25.8 Å². The lowest BCUT2D eigenvalue weighted by atomic mass is 9.96. The van der Waals surface area contributed by atoms with Crippen molar-refractivity contribution in [1.82, 2.24) is 0 Å². The van der Waals surface area contributed by atoms with Crippen LogP contribution < -0.4 is 10.2 Å². The van der Waals surface area contributed by atoms with E-state index < -0.39 is 17.5 Å². The molecule has 1 heterocycles. The van der Waals surface area contributed by atoms with Crippen molar-refractivity contribution in [2.75, 3.05) is 30.0 Å². The molecular formula is C21H23N3O6. The summed E-state index contributed by atoms with van der Waals surface area (Å²) in [5.74, 6) is -1.22. The largest absolute Gasteiger partial charge is 0.452 e. The van der Waals surface area contributed by atoms with Gasteiger partial charge in [-0.05, 0) is 37.5 Å². The van der Waals surface area contributed by atoms with E-state index in [0.717, 1.165) is 30.2 Å². The number of carbonyl (C=O) groups is 2. The number of aliphatic hydroxyl groups excluding tert-OH is 1. The SMILES string of the molecule is CC1CCc2ccccc2N1C(=O)COC(=O)c1cc([N+](=O)[O-])ccc1NCCO. The van der Waals surface area contributed by atoms with E-state index in [9.17, 15) is 19.7 Å². The third kappa shape index (κ3) is 4.57. The number of hydrogen-bond donors (Lipinski definition) is 2. The number of para-hydroxylation sites is 1. The lowest BCUT2D eigenvalue weighted by molar-refractivity contribution is -0.384. The normalized spacial score (nSPS) is 15.3. The predicted octanol–water partition coefficient (Wildman–Crippen LogP) is 2.52. The third-order valence-electron chi connectivity index (χ3n) is 4.98. The van der Waals surface area contributed by atoms with Crippen LogP contribution in [0.5, 0.6) is 0 Å². The van der Waals surface area contributed by atoms with Crippen LogP contribution >= 0.6 is 0 Å². The number of carbonyl (C=O) groups excluding carboxylic acids is 2. The molecule has 1 amide bonds. The molecule has 1 unspecified atom stereocenters. The van der Waals surface area contributed by atoms with Crippen molar-refractivity contribution in [3.63, 3.8) is 0 Å². The number of aryl methyl sites for hydroxylation is 1. The Labute approximate surface area is 173 Å². The highest BCUT2D eigenvalue weighted by molar-refractivity contribution is 6.00. The van der Waals surface area contributed by atoms with Crippen LogP contribution in [0.4, 0.5) is 17.1 Å². The summed E-state index contributed by atoms with van der Waals surface area (Å²) in [4.78, 5) is 37.5. The second-order valence-corrected chi connectivity index (χ2v) is 6.99. The molecule has 30 heavy (non-hydrogen) atoms. The lowest BCUT2D eigenvalue weighted by Gasteiger charge is -2.35. The van der Waals surface area contributed by atoms with Crippen LogP contribution in [-0.2, 0) is 16.0 Å². The van der Waals surface area contributed by atoms with Gasteiger partial charge in [-0.1, -0.05) is 18.2 Å². The number of esters is 1. The molecule has 0 saturated carbocycles. The average Bonchev–Trinajstić information content (AvgIpc) is 2.75. The van der Waals surface area contributed by atoms with Gasteiger partial charge in [0.15, 0.2) is 6.61 Å². The van der Waals surface area contributed by atoms with Crippen molar-refractivity contribution in [2.24, 2.45) is 0 Å². The van der Waals surface area contributed by atoms with Crippen molar-refractivity contribution < 1.29 is 24.4 Å². The molecule has 0 spiro atoms. The topological polar surface area (TPSA) is 122 Å². The molecule has 2 aromatic rings. The molecule has 1 aliphatic heterocycles. The summed E-state index contributed by atoms with van der Waals surface area (Å²) < 4.78 is 5.21. The zero-order valence-electron chi connectivity index (χ0n) is 16.5. The summed E-state index contributed by atoms with van der Waals surface area (Å²) in [7, 11) is 0. The fourth-order valence-corrected chi connectivity index (χ4v) is 3.50. The Morgan fingerprint density at radius 3 is 2.80 bits per heavy atom. The maximum atomic E-state index is 12.8. The summed E-state index contributed by atoms with van der Waals surface area (Å²) in [6.07, 6.45) is 1.67. The van der Waals surface area contributed by atoms with Crippen LogP contribution in [0.2, 0.25) is 0 Å². The van der Waals surface area contributed by atoms with Gasteiger partial charge in [-0.3, -0.25) is 14.9 Å². The van der Waals surface area contributed by atoms with Crippen LogP contribution in [0, 0.1) is 10.1 Å². The second kappa shape index (κ2) is 9.36. The second-order valence-electron chi connectivity index (χ2n) is 6.99. The van der Waals surface area contributed by atoms with Gasteiger partial charge in [0.25, 0.3) is 11.6 Å². The number of aliphatic hydroxyl groups is 1. The van der Waals surface area contributed by atoms with Crippen LogP contribution in [0.1, 0.15) is 29.3 Å². The summed E-state index contributed by atoms with van der Waals surface area (Å²) in [6.45, 7) is 1.42. The molecule has 3 rings (SSSR count). The molecule has 0 fully saturated rings. The van der Waals surface area contributed by atoms with E-state index in [-0.39, 0.29) is 42.0 Å². The maximum Gasteiger partial charge on any atom is 0.341 e. The zero-order valence-corrected chi connectivity index (χ0v) is 16.5. The number of fused-ring (bicyclic) bond motifs is 1. The first-order valence-electron chi connectivity index (χ1n) is 9.62. The Bertz CT molecular complexity index is 962. The average molecular weight is 413 g/mol. The first-order chi connectivity index (χ1) is 14.4. The van der Waals surface area contributed by atoms with E-state index in [2.05, 4.69) is 5.32 Å². The highest BCUT2D eigenvalue weighted by Gasteiger charge is 2.29. The van der Waals surface area contributed by atoms with E-state index >= 15 is 0 Å². The summed E-state index contributed by atoms with van der Waals surface area (Å²) >= 11 is 0. The molecule has 0 bridgehead atoms. The van der Waals surface area contributed by atoms with Gasteiger partial charge in [0.05, 0.1) is 17.1 Å². The Hall–Kier alpha value is -3.46. The molecule has 0 radical (unpaired) electrons. The number of nitro groups is 1. The van der Waals surface area contributed by atoms with Gasteiger partial charge in [0.2, 0.25) is 0 Å². The predicted molar refractivity (Wildman–Crippen MR) is 111 cm³/mol. The third-order valence-corrected chi connectivity index (χ3v) is 4.98. The van der Waals surface area contributed by atoms with E-state index in [1.54, 1.807) is 4.90 Å². The van der Waals surface area contributed by atoms with Gasteiger partial charge < -0.3 is 20.1 Å². The Morgan fingerprint density at radius 1 is 1.30 bits per heavy atom. The van der Waals surface area contributed by atoms with Crippen LogP contribution in [-0.4, -0.2) is 47.7 Å². The van der Waals surface area contributed by atoms with Crippen LogP contribution in [0.3, 0.4) is 0 Å². The number of amides is 1. The fourth-order valence-electron chi connectivity index (χ4n) is 3.50. The van der Waals surface area contributed by atoms with Crippen LogP contribution in [0.15, 0.2) is 42.5 Å². The van der Waals surface area contributed by atoms with Crippen molar-refractivity contribution in [3.05, 3.63) is 63.7 Å². The summed E-state index contributed by atoms with van der Waals surface area (Å²) in [5, 5.41) is 22.9. The van der Waals surface area contributed by atoms with E-state index in [1.165, 1.54) is 12.1 Å². The minimum Gasteiger partial charge on any atom is -0.452 e. The molecule has 158 valence electrons. The molecule has 2 N–H and O–H groups in total. The Morgan fingerprint density at radius 2 is 2.07 bits per heavy atom. The van der Waals surface area contributed by atoms with E-state index in [1.807, 2.05) is 31.2 Å². The van der Waals surface area contributed by atoms with Gasteiger partial charge in [0.1, 0.15) is 0 Å². The number of non-ortho nitro benzene ring substituents is 1. The van der Waals surface area contributed by atoms with Crippen LogP contribution in [0.25, 0.3) is 0 Å². The smallest absolute Gasteiger partial charge is 0.341 e. The van der Waals surface area contributed by atoms with Gasteiger partial charge in [-0.25, -0.2) is 4.79 Å². The number of benzene rings is 2. The van der Waals surface area contributed by atoms with Gasteiger partial charge in [0, 0.05) is 36.1 Å². The van der Waals surface area contributed by atoms with Gasteiger partial charge in [-0.2, -0.15) is 0 Å². The fraction of sp³-hybridized carbons (Fsp3) is 0.333. The zero-order chi connectivity index (χ0) is 21.7. The number of nitrogens with zero attached hydrogens (tertiary/aromatic N) is 2. The number of hydrogen-bond acceptors (Lipinski definition) is 7. The number of anilines is 2.